The Balaban J connectivity index is 1.30. The third-order valence-corrected chi connectivity index (χ3v) is 6.27. The first-order valence-corrected chi connectivity index (χ1v) is 10.7. The van der Waals surface area contributed by atoms with Gasteiger partial charge in [0.1, 0.15) is 19.0 Å². The molecule has 0 atom stereocenters. The predicted molar refractivity (Wildman–Crippen MR) is 108 cm³/mol. The summed E-state index contributed by atoms with van der Waals surface area (Å²) < 4.78 is 24.8. The number of halogens is 1. The van der Waals surface area contributed by atoms with Gasteiger partial charge in [0.2, 0.25) is 5.91 Å². The zero-order valence-electron chi connectivity index (χ0n) is 15.9. The molecule has 0 aliphatic carbocycles. The third-order valence-electron chi connectivity index (χ3n) is 5.23. The maximum atomic E-state index is 13.7. The summed E-state index contributed by atoms with van der Waals surface area (Å²) in [6, 6.07) is 11.8. The Bertz CT molecular complexity index is 911. The van der Waals surface area contributed by atoms with E-state index in [9.17, 15) is 14.0 Å². The highest BCUT2D eigenvalue weighted by Gasteiger charge is 2.28. The molecule has 0 spiro atoms. The normalized spacial score (nSPS) is 16.5. The fraction of sp³-hybridized carbons (Fsp3) is 0.364. The van der Waals surface area contributed by atoms with Crippen LogP contribution in [0.3, 0.4) is 0 Å². The quantitative estimate of drug-likeness (QED) is 0.549. The topological polar surface area (TPSA) is 55.8 Å². The van der Waals surface area contributed by atoms with Crippen LogP contribution >= 0.6 is 11.8 Å². The fourth-order valence-electron chi connectivity index (χ4n) is 3.62. The largest absolute Gasteiger partial charge is 0.486 e. The Morgan fingerprint density at radius 3 is 2.52 bits per heavy atom. The lowest BCUT2D eigenvalue weighted by molar-refractivity contribution is -0.129. The number of benzene rings is 2. The summed E-state index contributed by atoms with van der Waals surface area (Å²) in [7, 11) is 0. The Labute approximate surface area is 173 Å². The summed E-state index contributed by atoms with van der Waals surface area (Å²) in [5.74, 6) is 1.11. The minimum atomic E-state index is -0.311. The smallest absolute Gasteiger partial charge is 0.232 e. The lowest BCUT2D eigenvalue weighted by atomic mass is 9.88. The van der Waals surface area contributed by atoms with Crippen LogP contribution in [0.1, 0.15) is 23.2 Å². The number of likely N-dealkylation sites (tertiary alicyclic amines) is 1. The third kappa shape index (κ3) is 4.56. The van der Waals surface area contributed by atoms with Crippen LogP contribution in [-0.2, 0) is 4.79 Å². The minimum Gasteiger partial charge on any atom is -0.486 e. The van der Waals surface area contributed by atoms with Crippen LogP contribution < -0.4 is 9.47 Å². The zero-order chi connectivity index (χ0) is 20.2. The number of thioether (sulfide) groups is 1. The molecular weight excluding hydrogens is 393 g/mol. The molecule has 0 unspecified atom stereocenters. The standard InChI is InChI=1S/C22H22FNO4S/c23-17-3-1-2-4-20(17)29-14-21(25)24-9-7-15(8-10-24)22(26)16-5-6-18-19(13-16)28-12-11-27-18/h1-6,13,15H,7-12,14H2. The van der Waals surface area contributed by atoms with Gasteiger partial charge in [0.15, 0.2) is 17.3 Å². The maximum absolute atomic E-state index is 13.7. The highest BCUT2D eigenvalue weighted by atomic mass is 32.2. The van der Waals surface area contributed by atoms with Crippen LogP contribution in [-0.4, -0.2) is 48.6 Å². The van der Waals surface area contributed by atoms with Crippen LogP contribution in [0.4, 0.5) is 4.39 Å². The van der Waals surface area contributed by atoms with E-state index in [1.165, 1.54) is 17.8 Å². The average Bonchev–Trinajstić information content (AvgIpc) is 2.77. The second-order valence-electron chi connectivity index (χ2n) is 7.10. The monoisotopic (exact) mass is 415 g/mol. The molecule has 2 heterocycles. The van der Waals surface area contributed by atoms with Crippen LogP contribution in [0.15, 0.2) is 47.4 Å². The van der Waals surface area contributed by atoms with E-state index in [2.05, 4.69) is 0 Å². The molecule has 2 aliphatic heterocycles. The van der Waals surface area contributed by atoms with E-state index >= 15 is 0 Å². The Morgan fingerprint density at radius 2 is 1.76 bits per heavy atom. The van der Waals surface area contributed by atoms with Gasteiger partial charge in [-0.2, -0.15) is 0 Å². The van der Waals surface area contributed by atoms with Gasteiger partial charge in [0.25, 0.3) is 0 Å². The molecule has 0 aromatic heterocycles. The molecule has 152 valence electrons. The van der Waals surface area contributed by atoms with Crippen molar-refractivity contribution in [3.63, 3.8) is 0 Å². The van der Waals surface area contributed by atoms with Crippen molar-refractivity contribution >= 4 is 23.5 Å². The van der Waals surface area contributed by atoms with Crippen molar-refractivity contribution in [1.29, 1.82) is 0 Å². The van der Waals surface area contributed by atoms with E-state index in [1.54, 1.807) is 41.3 Å². The van der Waals surface area contributed by atoms with Crippen molar-refractivity contribution in [1.82, 2.24) is 4.90 Å². The molecule has 0 radical (unpaired) electrons. The van der Waals surface area contributed by atoms with Crippen molar-refractivity contribution < 1.29 is 23.5 Å². The minimum absolute atomic E-state index is 0.0246. The van der Waals surface area contributed by atoms with Gasteiger partial charge in [-0.25, -0.2) is 4.39 Å². The van der Waals surface area contributed by atoms with Gasteiger partial charge in [-0.05, 0) is 43.2 Å². The molecule has 2 aromatic carbocycles. The Morgan fingerprint density at radius 1 is 1.03 bits per heavy atom. The number of ether oxygens (including phenoxy) is 2. The van der Waals surface area contributed by atoms with Crippen molar-refractivity contribution in [3.05, 3.63) is 53.8 Å². The molecule has 0 N–H and O–H groups in total. The van der Waals surface area contributed by atoms with E-state index in [0.717, 1.165) is 0 Å². The average molecular weight is 415 g/mol. The van der Waals surface area contributed by atoms with E-state index < -0.39 is 0 Å². The number of ketones is 1. The van der Waals surface area contributed by atoms with Gasteiger partial charge in [-0.15, -0.1) is 11.8 Å². The summed E-state index contributed by atoms with van der Waals surface area (Å²) in [4.78, 5) is 27.6. The lowest BCUT2D eigenvalue weighted by Crippen LogP contribution is -2.41. The molecule has 0 bridgehead atoms. The van der Waals surface area contributed by atoms with Gasteiger partial charge in [-0.1, -0.05) is 12.1 Å². The summed E-state index contributed by atoms with van der Waals surface area (Å²) in [5, 5.41) is 0. The van der Waals surface area contributed by atoms with E-state index in [1.807, 2.05) is 0 Å². The summed E-state index contributed by atoms with van der Waals surface area (Å²) >= 11 is 1.21. The van der Waals surface area contributed by atoms with Crippen molar-refractivity contribution in [2.75, 3.05) is 32.1 Å². The number of piperidine rings is 1. The second-order valence-corrected chi connectivity index (χ2v) is 8.11. The number of fused-ring (bicyclic) bond motifs is 1. The molecule has 2 aromatic rings. The zero-order valence-corrected chi connectivity index (χ0v) is 16.8. The van der Waals surface area contributed by atoms with Crippen molar-refractivity contribution in [2.45, 2.75) is 17.7 Å². The summed E-state index contributed by atoms with van der Waals surface area (Å²) in [5.41, 5.74) is 0.620. The van der Waals surface area contributed by atoms with Gasteiger partial charge >= 0.3 is 0 Å². The molecule has 1 fully saturated rings. The first-order chi connectivity index (χ1) is 14.1. The van der Waals surface area contributed by atoms with Gasteiger partial charge < -0.3 is 14.4 Å². The second kappa shape index (κ2) is 8.86. The van der Waals surface area contributed by atoms with Gasteiger partial charge in [-0.3, -0.25) is 9.59 Å². The van der Waals surface area contributed by atoms with Crippen molar-refractivity contribution in [2.24, 2.45) is 5.92 Å². The molecule has 7 heteroatoms. The maximum Gasteiger partial charge on any atom is 0.232 e. The molecule has 1 amide bonds. The van der Waals surface area contributed by atoms with Crippen molar-refractivity contribution in [3.8, 4) is 11.5 Å². The van der Waals surface area contributed by atoms with Crippen LogP contribution in [0, 0.1) is 11.7 Å². The van der Waals surface area contributed by atoms with Gasteiger partial charge in [0, 0.05) is 29.5 Å². The summed E-state index contributed by atoms with van der Waals surface area (Å²) in [6.45, 7) is 2.08. The number of Topliss-reactive ketones (excluding diaryl/α,β-unsaturated/α-hetero) is 1. The SMILES string of the molecule is O=C(c1ccc2c(c1)OCCO2)C1CCN(C(=O)CSc2ccccc2F)CC1. The Kier molecular flexibility index (Phi) is 6.04. The number of rotatable bonds is 5. The fourth-order valence-corrected chi connectivity index (χ4v) is 4.46. The highest BCUT2D eigenvalue weighted by molar-refractivity contribution is 8.00. The first-order valence-electron chi connectivity index (χ1n) is 9.71. The lowest BCUT2D eigenvalue weighted by Gasteiger charge is -2.31. The van der Waals surface area contributed by atoms with Crippen LogP contribution in [0.2, 0.25) is 0 Å². The molecule has 1 saturated heterocycles. The van der Waals surface area contributed by atoms with E-state index in [4.69, 9.17) is 9.47 Å². The van der Waals surface area contributed by atoms with Crippen LogP contribution in [0.25, 0.3) is 0 Å². The first kappa shape index (κ1) is 19.8. The van der Waals surface area contributed by atoms with Gasteiger partial charge in [0.05, 0.1) is 5.75 Å². The van der Waals surface area contributed by atoms with E-state index in [-0.39, 0.29) is 29.2 Å². The number of carbonyl (C=O) groups excluding carboxylic acids is 2. The molecule has 0 saturated carbocycles. The number of carbonyl (C=O) groups is 2. The number of hydrogen-bond donors (Lipinski definition) is 0. The molecular formula is C22H22FNO4S. The molecule has 29 heavy (non-hydrogen) atoms. The number of hydrogen-bond acceptors (Lipinski definition) is 5. The predicted octanol–water partition coefficient (Wildman–Crippen LogP) is 3.81. The highest BCUT2D eigenvalue weighted by Crippen LogP contribution is 2.32. The van der Waals surface area contributed by atoms with Crippen LogP contribution in [0.5, 0.6) is 11.5 Å². The molecule has 5 nitrogen and oxygen atoms in total. The Hall–Kier alpha value is -2.54. The van der Waals surface area contributed by atoms with E-state index in [0.29, 0.717) is 61.1 Å². The molecule has 4 rings (SSSR count). The summed E-state index contributed by atoms with van der Waals surface area (Å²) in [6.07, 6.45) is 1.26. The molecule has 2 aliphatic rings. The number of nitrogens with zero attached hydrogens (tertiary/aromatic N) is 1. The number of amides is 1.